The van der Waals surface area contributed by atoms with Crippen LogP contribution in [-0.4, -0.2) is 15.7 Å². The zero-order chi connectivity index (χ0) is 9.19. The van der Waals surface area contributed by atoms with E-state index in [2.05, 4.69) is 4.98 Å². The van der Waals surface area contributed by atoms with Crippen molar-refractivity contribution in [1.29, 1.82) is 0 Å². The van der Waals surface area contributed by atoms with Gasteiger partial charge < -0.3 is 4.57 Å². The maximum Gasteiger partial charge on any atom is 0.406 e. The molecule has 0 aliphatic rings. The zero-order valence-electron chi connectivity index (χ0n) is 5.98. The second-order valence-electron chi connectivity index (χ2n) is 2.22. The first-order chi connectivity index (χ1) is 5.53. The highest BCUT2D eigenvalue weighted by molar-refractivity contribution is 6.16. The van der Waals surface area contributed by atoms with E-state index in [1.165, 1.54) is 12.4 Å². The summed E-state index contributed by atoms with van der Waals surface area (Å²) in [4.78, 5) is 3.65. The van der Waals surface area contributed by atoms with Crippen LogP contribution in [0.4, 0.5) is 13.2 Å². The number of hydrogen-bond donors (Lipinski definition) is 0. The van der Waals surface area contributed by atoms with Crippen LogP contribution in [0.25, 0.3) is 0 Å². The highest BCUT2D eigenvalue weighted by Gasteiger charge is 2.28. The van der Waals surface area contributed by atoms with Crippen molar-refractivity contribution in [1.82, 2.24) is 9.55 Å². The van der Waals surface area contributed by atoms with Gasteiger partial charge in [0.15, 0.2) is 0 Å². The fourth-order valence-electron chi connectivity index (χ4n) is 0.808. The molecule has 0 amide bonds. The van der Waals surface area contributed by atoms with E-state index < -0.39 is 12.7 Å². The van der Waals surface area contributed by atoms with Crippen LogP contribution >= 0.6 is 11.6 Å². The van der Waals surface area contributed by atoms with Gasteiger partial charge in [0.2, 0.25) is 0 Å². The molecule has 0 aliphatic heterocycles. The van der Waals surface area contributed by atoms with Gasteiger partial charge in [-0.3, -0.25) is 0 Å². The lowest BCUT2D eigenvalue weighted by Gasteiger charge is -2.08. The van der Waals surface area contributed by atoms with Crippen LogP contribution in [0.1, 0.15) is 5.82 Å². The van der Waals surface area contributed by atoms with Gasteiger partial charge in [0.05, 0.1) is 5.88 Å². The largest absolute Gasteiger partial charge is 0.406 e. The maximum absolute atomic E-state index is 11.8. The van der Waals surface area contributed by atoms with Crippen molar-refractivity contribution in [2.75, 3.05) is 0 Å². The van der Waals surface area contributed by atoms with Crippen molar-refractivity contribution < 1.29 is 13.2 Å². The van der Waals surface area contributed by atoms with Crippen molar-refractivity contribution in [3.63, 3.8) is 0 Å². The first-order valence-electron chi connectivity index (χ1n) is 3.15. The third kappa shape index (κ3) is 2.41. The first-order valence-corrected chi connectivity index (χ1v) is 3.69. The Morgan fingerprint density at radius 1 is 1.50 bits per heavy atom. The van der Waals surface area contributed by atoms with Gasteiger partial charge in [-0.25, -0.2) is 4.98 Å². The second kappa shape index (κ2) is 3.35. The molecule has 6 heteroatoms. The van der Waals surface area contributed by atoms with Crippen molar-refractivity contribution >= 4 is 11.6 Å². The van der Waals surface area contributed by atoms with Crippen molar-refractivity contribution in [3.05, 3.63) is 18.2 Å². The zero-order valence-corrected chi connectivity index (χ0v) is 6.73. The van der Waals surface area contributed by atoms with Crippen LogP contribution in [0.15, 0.2) is 12.4 Å². The smallest absolute Gasteiger partial charge is 0.325 e. The minimum absolute atomic E-state index is 0.0108. The normalized spacial score (nSPS) is 12.0. The number of nitrogens with zero attached hydrogens (tertiary/aromatic N) is 2. The number of alkyl halides is 4. The molecule has 0 N–H and O–H groups in total. The van der Waals surface area contributed by atoms with E-state index in [9.17, 15) is 13.2 Å². The quantitative estimate of drug-likeness (QED) is 0.666. The lowest BCUT2D eigenvalue weighted by molar-refractivity contribution is -0.140. The second-order valence-corrected chi connectivity index (χ2v) is 2.49. The molecule has 0 aromatic carbocycles. The minimum Gasteiger partial charge on any atom is -0.325 e. The summed E-state index contributed by atoms with van der Waals surface area (Å²) in [6.45, 7) is -1.03. The molecule has 0 atom stereocenters. The Morgan fingerprint density at radius 3 is 2.67 bits per heavy atom. The molecule has 1 rings (SSSR count). The summed E-state index contributed by atoms with van der Waals surface area (Å²) in [5.41, 5.74) is 0. The Bertz CT molecular complexity index is 256. The Balaban J connectivity index is 2.75. The Morgan fingerprint density at radius 2 is 2.17 bits per heavy atom. The molecular formula is C6H6ClF3N2. The lowest BCUT2D eigenvalue weighted by Crippen LogP contribution is -2.18. The summed E-state index contributed by atoms with van der Waals surface area (Å²) < 4.78 is 36.5. The van der Waals surface area contributed by atoms with E-state index in [0.29, 0.717) is 0 Å². The standard InChI is InChI=1S/C6H6ClF3N2/c7-3-5-11-1-2-12(5)4-6(8,9)10/h1-2H,3-4H2. The molecule has 1 aromatic heterocycles. The number of halogens is 4. The number of rotatable bonds is 2. The number of hydrogen-bond acceptors (Lipinski definition) is 1. The molecule has 68 valence electrons. The average molecular weight is 199 g/mol. The van der Waals surface area contributed by atoms with E-state index >= 15 is 0 Å². The molecular weight excluding hydrogens is 193 g/mol. The Hall–Kier alpha value is -0.710. The van der Waals surface area contributed by atoms with Gasteiger partial charge in [0.1, 0.15) is 12.4 Å². The lowest BCUT2D eigenvalue weighted by atomic mass is 10.5. The molecule has 0 fully saturated rings. The van der Waals surface area contributed by atoms with E-state index in [1.54, 1.807) is 0 Å². The fraction of sp³-hybridized carbons (Fsp3) is 0.500. The molecule has 0 bridgehead atoms. The van der Waals surface area contributed by atoms with E-state index in [0.717, 1.165) is 4.57 Å². The fourth-order valence-corrected chi connectivity index (χ4v) is 1.03. The highest BCUT2D eigenvalue weighted by Crippen LogP contribution is 2.18. The van der Waals surface area contributed by atoms with Crippen LogP contribution < -0.4 is 0 Å². The van der Waals surface area contributed by atoms with Gasteiger partial charge in [-0.15, -0.1) is 11.6 Å². The summed E-state index contributed by atoms with van der Waals surface area (Å²) in [7, 11) is 0. The summed E-state index contributed by atoms with van der Waals surface area (Å²) in [6.07, 6.45) is -1.67. The molecule has 2 nitrogen and oxygen atoms in total. The van der Waals surface area contributed by atoms with E-state index in [1.807, 2.05) is 0 Å². The highest BCUT2D eigenvalue weighted by atomic mass is 35.5. The number of aromatic nitrogens is 2. The molecule has 1 aromatic rings. The first kappa shape index (κ1) is 9.38. The molecule has 0 aliphatic carbocycles. The number of imidazole rings is 1. The van der Waals surface area contributed by atoms with Gasteiger partial charge in [-0.2, -0.15) is 13.2 Å². The third-order valence-corrected chi connectivity index (χ3v) is 1.51. The van der Waals surface area contributed by atoms with Crippen LogP contribution in [-0.2, 0) is 12.4 Å². The predicted molar refractivity (Wildman–Crippen MR) is 37.8 cm³/mol. The summed E-state index contributed by atoms with van der Waals surface area (Å²) in [5.74, 6) is 0.220. The van der Waals surface area contributed by atoms with Crippen molar-refractivity contribution in [2.45, 2.75) is 18.6 Å². The summed E-state index contributed by atoms with van der Waals surface area (Å²) >= 11 is 5.35. The van der Waals surface area contributed by atoms with Crippen LogP contribution in [0.5, 0.6) is 0 Å². The summed E-state index contributed by atoms with van der Waals surface area (Å²) in [6, 6.07) is 0. The minimum atomic E-state index is -4.22. The topological polar surface area (TPSA) is 17.8 Å². The molecule has 0 unspecified atom stereocenters. The van der Waals surface area contributed by atoms with Gasteiger partial charge in [0.25, 0.3) is 0 Å². The van der Waals surface area contributed by atoms with Crippen molar-refractivity contribution in [2.24, 2.45) is 0 Å². The molecule has 0 saturated carbocycles. The van der Waals surface area contributed by atoms with Crippen molar-refractivity contribution in [3.8, 4) is 0 Å². The van der Waals surface area contributed by atoms with Crippen LogP contribution in [0, 0.1) is 0 Å². The van der Waals surface area contributed by atoms with Gasteiger partial charge in [-0.1, -0.05) is 0 Å². The average Bonchev–Trinajstić information content (AvgIpc) is 2.31. The third-order valence-electron chi connectivity index (χ3n) is 1.27. The maximum atomic E-state index is 11.8. The molecule has 0 spiro atoms. The van der Waals surface area contributed by atoms with E-state index in [-0.39, 0.29) is 11.7 Å². The summed E-state index contributed by atoms with van der Waals surface area (Å²) in [5, 5.41) is 0. The van der Waals surface area contributed by atoms with Gasteiger partial charge in [0, 0.05) is 12.4 Å². The SMILES string of the molecule is FC(F)(F)Cn1ccnc1CCl. The Labute approximate surface area is 72.0 Å². The van der Waals surface area contributed by atoms with E-state index in [4.69, 9.17) is 11.6 Å². The predicted octanol–water partition coefficient (Wildman–Crippen LogP) is 2.18. The van der Waals surface area contributed by atoms with Crippen LogP contribution in [0.2, 0.25) is 0 Å². The van der Waals surface area contributed by atoms with Gasteiger partial charge >= 0.3 is 6.18 Å². The molecule has 0 saturated heterocycles. The molecule has 12 heavy (non-hydrogen) atoms. The van der Waals surface area contributed by atoms with Gasteiger partial charge in [-0.05, 0) is 0 Å². The van der Waals surface area contributed by atoms with Crippen LogP contribution in [0.3, 0.4) is 0 Å². The molecule has 1 heterocycles. The Kier molecular flexibility index (Phi) is 2.62. The molecule has 0 radical (unpaired) electrons. The monoisotopic (exact) mass is 198 g/mol.